The highest BCUT2D eigenvalue weighted by molar-refractivity contribution is 7.09. The summed E-state index contributed by atoms with van der Waals surface area (Å²) in [6.07, 6.45) is 3.56. The van der Waals surface area contributed by atoms with Gasteiger partial charge in [-0.25, -0.2) is 0 Å². The number of carbonyl (C=O) groups excluding carboxylic acids is 1. The number of nitrogens with zero attached hydrogens (tertiary/aromatic N) is 1. The molecular formula is C10H15N3OS. The van der Waals surface area contributed by atoms with E-state index >= 15 is 0 Å². The molecule has 0 aromatic carbocycles. The molecule has 2 heterocycles. The van der Waals surface area contributed by atoms with E-state index in [9.17, 15) is 4.79 Å². The number of amides is 1. The molecule has 0 radical (unpaired) electrons. The van der Waals surface area contributed by atoms with Crippen LogP contribution < -0.4 is 10.6 Å². The number of thiazole rings is 1. The summed E-state index contributed by atoms with van der Waals surface area (Å²) in [5.74, 6) is 0.670. The molecule has 5 heteroatoms. The van der Waals surface area contributed by atoms with Crippen LogP contribution in [0.25, 0.3) is 0 Å². The average Bonchev–Trinajstić information content (AvgIpc) is 2.86. The van der Waals surface area contributed by atoms with Gasteiger partial charge in [0.05, 0.1) is 12.1 Å². The second kappa shape index (κ2) is 5.23. The van der Waals surface area contributed by atoms with E-state index in [4.69, 9.17) is 0 Å². The van der Waals surface area contributed by atoms with Gasteiger partial charge in [0.25, 0.3) is 0 Å². The van der Waals surface area contributed by atoms with Crippen molar-refractivity contribution in [3.05, 3.63) is 16.6 Å². The summed E-state index contributed by atoms with van der Waals surface area (Å²) < 4.78 is 0. The van der Waals surface area contributed by atoms with Gasteiger partial charge in [0, 0.05) is 17.5 Å². The van der Waals surface area contributed by atoms with Crippen LogP contribution in [0.4, 0.5) is 0 Å². The molecule has 1 aliphatic rings. The van der Waals surface area contributed by atoms with E-state index in [2.05, 4.69) is 15.6 Å². The molecule has 2 N–H and O–H groups in total. The lowest BCUT2D eigenvalue weighted by Crippen LogP contribution is -2.25. The Morgan fingerprint density at radius 1 is 1.73 bits per heavy atom. The third-order valence-corrected chi connectivity index (χ3v) is 3.36. The number of carbonyl (C=O) groups is 1. The van der Waals surface area contributed by atoms with Gasteiger partial charge in [-0.15, -0.1) is 11.3 Å². The molecule has 1 aromatic heterocycles. The molecule has 1 aromatic rings. The SMILES string of the molecule is O=C(CC1CCNC1)NCc1cncs1. The summed E-state index contributed by atoms with van der Waals surface area (Å²) in [5.41, 5.74) is 1.78. The van der Waals surface area contributed by atoms with Crippen molar-refractivity contribution < 1.29 is 4.79 Å². The van der Waals surface area contributed by atoms with Crippen LogP contribution in [0, 0.1) is 5.92 Å². The second-order valence-corrected chi connectivity index (χ2v) is 4.78. The molecule has 1 saturated heterocycles. The first-order chi connectivity index (χ1) is 7.34. The Hall–Kier alpha value is -0.940. The van der Waals surface area contributed by atoms with Crippen molar-refractivity contribution in [2.75, 3.05) is 13.1 Å². The van der Waals surface area contributed by atoms with Crippen LogP contribution in [0.2, 0.25) is 0 Å². The van der Waals surface area contributed by atoms with Crippen LogP contribution in [-0.4, -0.2) is 24.0 Å². The fraction of sp³-hybridized carbons (Fsp3) is 0.600. The summed E-state index contributed by atoms with van der Waals surface area (Å²) >= 11 is 1.57. The van der Waals surface area contributed by atoms with E-state index in [-0.39, 0.29) is 5.91 Å². The molecule has 15 heavy (non-hydrogen) atoms. The molecule has 1 amide bonds. The molecule has 1 unspecified atom stereocenters. The first kappa shape index (κ1) is 10.6. The predicted octanol–water partition coefficient (Wildman–Crippen LogP) is 0.759. The van der Waals surface area contributed by atoms with Crippen molar-refractivity contribution in [1.29, 1.82) is 0 Å². The summed E-state index contributed by atoms with van der Waals surface area (Å²) in [4.78, 5) is 16.6. The molecular weight excluding hydrogens is 210 g/mol. The lowest BCUT2D eigenvalue weighted by atomic mass is 10.0. The maximum absolute atomic E-state index is 11.5. The molecule has 4 nitrogen and oxygen atoms in total. The van der Waals surface area contributed by atoms with Gasteiger partial charge < -0.3 is 10.6 Å². The van der Waals surface area contributed by atoms with E-state index in [1.807, 2.05) is 0 Å². The normalized spacial score (nSPS) is 20.4. The Morgan fingerprint density at radius 3 is 3.33 bits per heavy atom. The van der Waals surface area contributed by atoms with Gasteiger partial charge in [-0.05, 0) is 25.4 Å². The zero-order valence-corrected chi connectivity index (χ0v) is 9.35. The average molecular weight is 225 g/mol. The van der Waals surface area contributed by atoms with Gasteiger partial charge in [0.1, 0.15) is 0 Å². The molecule has 1 atom stereocenters. The van der Waals surface area contributed by atoms with Crippen LogP contribution in [0.1, 0.15) is 17.7 Å². The van der Waals surface area contributed by atoms with Gasteiger partial charge in [-0.1, -0.05) is 0 Å². The van der Waals surface area contributed by atoms with Crippen LogP contribution in [0.15, 0.2) is 11.7 Å². The number of aromatic nitrogens is 1. The molecule has 2 rings (SSSR count). The Labute approximate surface area is 93.1 Å². The number of nitrogens with one attached hydrogen (secondary N) is 2. The quantitative estimate of drug-likeness (QED) is 0.795. The van der Waals surface area contributed by atoms with Crippen molar-refractivity contribution in [2.45, 2.75) is 19.4 Å². The second-order valence-electron chi connectivity index (χ2n) is 3.81. The van der Waals surface area contributed by atoms with E-state index in [1.165, 1.54) is 0 Å². The number of hydrogen-bond acceptors (Lipinski definition) is 4. The fourth-order valence-corrected chi connectivity index (χ4v) is 2.27. The van der Waals surface area contributed by atoms with Crippen molar-refractivity contribution in [3.63, 3.8) is 0 Å². The van der Waals surface area contributed by atoms with Crippen molar-refractivity contribution in [1.82, 2.24) is 15.6 Å². The molecule has 0 spiro atoms. The molecule has 1 fully saturated rings. The largest absolute Gasteiger partial charge is 0.351 e. The first-order valence-corrected chi connectivity index (χ1v) is 6.07. The Bertz CT molecular complexity index is 306. The Morgan fingerprint density at radius 2 is 2.67 bits per heavy atom. The van der Waals surface area contributed by atoms with E-state index < -0.39 is 0 Å². The van der Waals surface area contributed by atoms with Gasteiger partial charge >= 0.3 is 0 Å². The van der Waals surface area contributed by atoms with Crippen LogP contribution in [0.5, 0.6) is 0 Å². The van der Waals surface area contributed by atoms with E-state index in [0.717, 1.165) is 24.4 Å². The van der Waals surface area contributed by atoms with Crippen molar-refractivity contribution >= 4 is 17.2 Å². The minimum Gasteiger partial charge on any atom is -0.351 e. The highest BCUT2D eigenvalue weighted by Gasteiger charge is 2.17. The number of hydrogen-bond donors (Lipinski definition) is 2. The van der Waals surface area contributed by atoms with Gasteiger partial charge in [0.15, 0.2) is 0 Å². The number of rotatable bonds is 4. The van der Waals surface area contributed by atoms with Gasteiger partial charge in [0.2, 0.25) is 5.91 Å². The summed E-state index contributed by atoms with van der Waals surface area (Å²) in [6, 6.07) is 0. The fourth-order valence-electron chi connectivity index (χ4n) is 1.74. The molecule has 0 bridgehead atoms. The van der Waals surface area contributed by atoms with Crippen molar-refractivity contribution in [2.24, 2.45) is 5.92 Å². The maximum atomic E-state index is 11.5. The van der Waals surface area contributed by atoms with Crippen LogP contribution in [0.3, 0.4) is 0 Å². The molecule has 0 saturated carbocycles. The van der Waals surface area contributed by atoms with Crippen molar-refractivity contribution in [3.8, 4) is 0 Å². The zero-order chi connectivity index (χ0) is 10.5. The zero-order valence-electron chi connectivity index (χ0n) is 8.53. The molecule has 1 aliphatic heterocycles. The van der Waals surface area contributed by atoms with E-state index in [0.29, 0.717) is 18.9 Å². The molecule has 0 aliphatic carbocycles. The Kier molecular flexibility index (Phi) is 3.69. The summed E-state index contributed by atoms with van der Waals surface area (Å²) in [7, 11) is 0. The third kappa shape index (κ3) is 3.28. The van der Waals surface area contributed by atoms with Gasteiger partial charge in [-0.2, -0.15) is 0 Å². The minimum atomic E-state index is 0.150. The van der Waals surface area contributed by atoms with Gasteiger partial charge in [-0.3, -0.25) is 9.78 Å². The third-order valence-electron chi connectivity index (χ3n) is 2.58. The molecule has 82 valence electrons. The van der Waals surface area contributed by atoms with Crippen LogP contribution >= 0.6 is 11.3 Å². The van der Waals surface area contributed by atoms with Crippen LogP contribution in [-0.2, 0) is 11.3 Å². The Balaban J connectivity index is 1.68. The predicted molar refractivity (Wildman–Crippen MR) is 59.6 cm³/mol. The highest BCUT2D eigenvalue weighted by Crippen LogP contribution is 2.12. The monoisotopic (exact) mass is 225 g/mol. The smallest absolute Gasteiger partial charge is 0.220 e. The topological polar surface area (TPSA) is 54.0 Å². The van der Waals surface area contributed by atoms with E-state index in [1.54, 1.807) is 23.0 Å². The lowest BCUT2D eigenvalue weighted by molar-refractivity contribution is -0.122. The standard InChI is InChI=1S/C10H15N3OS/c14-10(3-8-1-2-11-4-8)13-6-9-5-12-7-15-9/h5,7-8,11H,1-4,6H2,(H,13,14). The lowest BCUT2D eigenvalue weighted by Gasteiger charge is -2.07. The first-order valence-electron chi connectivity index (χ1n) is 5.19. The highest BCUT2D eigenvalue weighted by atomic mass is 32.1. The summed E-state index contributed by atoms with van der Waals surface area (Å²) in [5, 5.41) is 6.18. The maximum Gasteiger partial charge on any atom is 0.220 e. The minimum absolute atomic E-state index is 0.150. The summed E-state index contributed by atoms with van der Waals surface area (Å²) in [6.45, 7) is 2.64.